The number of hydrogen-bond donors (Lipinski definition) is 1. The summed E-state index contributed by atoms with van der Waals surface area (Å²) in [7, 11) is 0. The van der Waals surface area contributed by atoms with Gasteiger partial charge in [-0.05, 0) is 36.5 Å². The van der Waals surface area contributed by atoms with E-state index in [0.717, 1.165) is 42.6 Å². The fourth-order valence-corrected chi connectivity index (χ4v) is 3.33. The molecular weight excluding hydrogens is 314 g/mol. The van der Waals surface area contributed by atoms with Gasteiger partial charge in [0.25, 0.3) is 5.91 Å². The molecule has 0 spiro atoms. The van der Waals surface area contributed by atoms with Crippen molar-refractivity contribution < 1.29 is 4.79 Å². The molecule has 25 heavy (non-hydrogen) atoms. The Hall–Kier alpha value is -2.89. The lowest BCUT2D eigenvalue weighted by molar-refractivity contribution is 0.0949. The molecule has 1 N–H and O–H groups in total. The SMILES string of the molecule is O=C(NCc1ccccc1Cn1cccn1)c1cnn2c1CCCC2. The number of carbonyl (C=O) groups is 1. The van der Waals surface area contributed by atoms with Crippen LogP contribution in [0.2, 0.25) is 0 Å². The molecule has 6 nitrogen and oxygen atoms in total. The van der Waals surface area contributed by atoms with Gasteiger partial charge in [-0.3, -0.25) is 14.2 Å². The lowest BCUT2D eigenvalue weighted by Crippen LogP contribution is -2.25. The molecule has 128 valence electrons. The van der Waals surface area contributed by atoms with Crippen LogP contribution < -0.4 is 5.32 Å². The van der Waals surface area contributed by atoms with Crippen molar-refractivity contribution in [3.63, 3.8) is 0 Å². The Morgan fingerprint density at radius 1 is 1.12 bits per heavy atom. The van der Waals surface area contributed by atoms with E-state index in [1.54, 1.807) is 12.4 Å². The second-order valence-electron chi connectivity index (χ2n) is 6.34. The second-order valence-corrected chi connectivity index (χ2v) is 6.34. The van der Waals surface area contributed by atoms with Gasteiger partial charge in [0.15, 0.2) is 0 Å². The monoisotopic (exact) mass is 335 g/mol. The number of carbonyl (C=O) groups excluding carboxylic acids is 1. The number of aromatic nitrogens is 4. The summed E-state index contributed by atoms with van der Waals surface area (Å²) in [6.07, 6.45) is 8.60. The molecule has 0 fully saturated rings. The quantitative estimate of drug-likeness (QED) is 0.779. The zero-order valence-electron chi connectivity index (χ0n) is 14.1. The third-order valence-corrected chi connectivity index (χ3v) is 4.68. The molecule has 0 saturated carbocycles. The molecule has 0 unspecified atom stereocenters. The number of aryl methyl sites for hydroxylation is 1. The van der Waals surface area contributed by atoms with Gasteiger partial charge in [0.05, 0.1) is 24.0 Å². The third kappa shape index (κ3) is 3.33. The number of nitrogens with one attached hydrogen (secondary N) is 1. The molecule has 6 heteroatoms. The first-order valence-electron chi connectivity index (χ1n) is 8.68. The highest BCUT2D eigenvalue weighted by Crippen LogP contribution is 2.18. The largest absolute Gasteiger partial charge is 0.348 e. The molecule has 0 atom stereocenters. The maximum atomic E-state index is 12.6. The highest BCUT2D eigenvalue weighted by Gasteiger charge is 2.19. The van der Waals surface area contributed by atoms with Crippen LogP contribution in [-0.4, -0.2) is 25.5 Å². The summed E-state index contributed by atoms with van der Waals surface area (Å²) < 4.78 is 3.85. The number of amides is 1. The van der Waals surface area contributed by atoms with Crippen molar-refractivity contribution in [3.8, 4) is 0 Å². The maximum Gasteiger partial charge on any atom is 0.255 e. The molecule has 3 heterocycles. The van der Waals surface area contributed by atoms with Crippen LogP contribution in [0.5, 0.6) is 0 Å². The number of benzene rings is 1. The Balaban J connectivity index is 1.46. The van der Waals surface area contributed by atoms with Crippen LogP contribution >= 0.6 is 0 Å². The van der Waals surface area contributed by atoms with E-state index in [4.69, 9.17) is 0 Å². The summed E-state index contributed by atoms with van der Waals surface area (Å²) in [5, 5.41) is 11.6. The summed E-state index contributed by atoms with van der Waals surface area (Å²) in [5.41, 5.74) is 4.04. The van der Waals surface area contributed by atoms with E-state index in [1.165, 1.54) is 0 Å². The molecule has 1 aliphatic rings. The van der Waals surface area contributed by atoms with Crippen LogP contribution in [0.1, 0.15) is 40.0 Å². The Labute approximate surface area is 146 Å². The van der Waals surface area contributed by atoms with Gasteiger partial charge in [0.1, 0.15) is 0 Å². The lowest BCUT2D eigenvalue weighted by Gasteiger charge is -2.15. The Morgan fingerprint density at radius 2 is 2.00 bits per heavy atom. The van der Waals surface area contributed by atoms with Crippen molar-refractivity contribution in [1.29, 1.82) is 0 Å². The second kappa shape index (κ2) is 6.93. The molecule has 2 aromatic heterocycles. The Morgan fingerprint density at radius 3 is 2.84 bits per heavy atom. The topological polar surface area (TPSA) is 64.7 Å². The van der Waals surface area contributed by atoms with E-state index in [-0.39, 0.29) is 5.91 Å². The van der Waals surface area contributed by atoms with Gasteiger partial charge in [0, 0.05) is 25.5 Å². The number of fused-ring (bicyclic) bond motifs is 1. The Kier molecular flexibility index (Phi) is 4.33. The fraction of sp³-hybridized carbons (Fsp3) is 0.316. The lowest BCUT2D eigenvalue weighted by atomic mass is 10.1. The third-order valence-electron chi connectivity index (χ3n) is 4.68. The first kappa shape index (κ1) is 15.6. The number of nitrogens with zero attached hydrogens (tertiary/aromatic N) is 4. The molecule has 0 bridgehead atoms. The van der Waals surface area contributed by atoms with Gasteiger partial charge in [-0.2, -0.15) is 10.2 Å². The predicted molar refractivity (Wildman–Crippen MR) is 94.1 cm³/mol. The van der Waals surface area contributed by atoms with Crippen LogP contribution in [0.4, 0.5) is 0 Å². The van der Waals surface area contributed by atoms with Crippen LogP contribution in [-0.2, 0) is 26.1 Å². The highest BCUT2D eigenvalue weighted by atomic mass is 16.1. The molecule has 1 aliphatic heterocycles. The van der Waals surface area contributed by atoms with Crippen molar-refractivity contribution >= 4 is 5.91 Å². The van der Waals surface area contributed by atoms with Crippen LogP contribution in [0.15, 0.2) is 48.9 Å². The van der Waals surface area contributed by atoms with Gasteiger partial charge >= 0.3 is 0 Å². The van der Waals surface area contributed by atoms with Crippen molar-refractivity contribution in [2.24, 2.45) is 0 Å². The van der Waals surface area contributed by atoms with Crippen LogP contribution in [0.3, 0.4) is 0 Å². The molecule has 4 rings (SSSR count). The van der Waals surface area contributed by atoms with E-state index in [9.17, 15) is 4.79 Å². The van der Waals surface area contributed by atoms with E-state index in [2.05, 4.69) is 21.6 Å². The number of rotatable bonds is 5. The number of hydrogen-bond acceptors (Lipinski definition) is 3. The first-order valence-corrected chi connectivity index (χ1v) is 8.68. The molecule has 1 amide bonds. The zero-order chi connectivity index (χ0) is 17.1. The van der Waals surface area contributed by atoms with Gasteiger partial charge in [-0.1, -0.05) is 24.3 Å². The normalized spacial score (nSPS) is 13.4. The zero-order valence-corrected chi connectivity index (χ0v) is 14.1. The van der Waals surface area contributed by atoms with Gasteiger partial charge < -0.3 is 5.32 Å². The van der Waals surface area contributed by atoms with Crippen molar-refractivity contribution in [1.82, 2.24) is 24.9 Å². The van der Waals surface area contributed by atoms with E-state index in [0.29, 0.717) is 18.7 Å². The van der Waals surface area contributed by atoms with E-state index >= 15 is 0 Å². The highest BCUT2D eigenvalue weighted by molar-refractivity contribution is 5.95. The predicted octanol–water partition coefficient (Wildman–Crippen LogP) is 2.39. The van der Waals surface area contributed by atoms with Crippen molar-refractivity contribution in [2.75, 3.05) is 0 Å². The van der Waals surface area contributed by atoms with Crippen molar-refractivity contribution in [2.45, 2.75) is 38.9 Å². The van der Waals surface area contributed by atoms with Crippen molar-refractivity contribution in [3.05, 3.63) is 71.3 Å². The average Bonchev–Trinajstić information content (AvgIpc) is 3.30. The summed E-state index contributed by atoms with van der Waals surface area (Å²) in [5.74, 6) is -0.0444. The van der Waals surface area contributed by atoms with Crippen LogP contribution in [0, 0.1) is 0 Å². The first-order chi connectivity index (χ1) is 12.3. The smallest absolute Gasteiger partial charge is 0.255 e. The molecule has 0 saturated heterocycles. The molecule has 3 aromatic rings. The van der Waals surface area contributed by atoms with E-state index in [1.807, 2.05) is 39.8 Å². The standard InChI is InChI=1S/C19H21N5O/c25-19(17-13-22-24-11-4-3-8-18(17)24)20-12-15-6-1-2-7-16(15)14-23-10-5-9-21-23/h1-2,5-7,9-10,13H,3-4,8,11-12,14H2,(H,20,25). The maximum absolute atomic E-state index is 12.6. The Bertz CT molecular complexity index is 866. The molecular formula is C19H21N5O. The minimum absolute atomic E-state index is 0.0444. The average molecular weight is 335 g/mol. The minimum Gasteiger partial charge on any atom is -0.348 e. The molecule has 1 aromatic carbocycles. The molecule has 0 aliphatic carbocycles. The summed E-state index contributed by atoms with van der Waals surface area (Å²) >= 11 is 0. The van der Waals surface area contributed by atoms with E-state index < -0.39 is 0 Å². The van der Waals surface area contributed by atoms with Gasteiger partial charge in [-0.25, -0.2) is 0 Å². The van der Waals surface area contributed by atoms with Gasteiger partial charge in [0.2, 0.25) is 0 Å². The minimum atomic E-state index is -0.0444. The summed E-state index contributed by atoms with van der Waals surface area (Å²) in [6.45, 7) is 2.11. The summed E-state index contributed by atoms with van der Waals surface area (Å²) in [4.78, 5) is 12.6. The fourth-order valence-electron chi connectivity index (χ4n) is 3.33. The van der Waals surface area contributed by atoms with Gasteiger partial charge in [-0.15, -0.1) is 0 Å². The van der Waals surface area contributed by atoms with Crippen LogP contribution in [0.25, 0.3) is 0 Å². The molecule has 0 radical (unpaired) electrons. The summed E-state index contributed by atoms with van der Waals surface area (Å²) in [6, 6.07) is 10.0.